The molecular formula is C19H27N5. The summed E-state index contributed by atoms with van der Waals surface area (Å²) in [4.78, 5) is 7.06. The Labute approximate surface area is 144 Å². The van der Waals surface area contributed by atoms with Crippen molar-refractivity contribution in [2.75, 3.05) is 19.6 Å². The summed E-state index contributed by atoms with van der Waals surface area (Å²) in [5.74, 6) is 2.40. The molecule has 3 atom stereocenters. The van der Waals surface area contributed by atoms with E-state index in [0.717, 1.165) is 25.5 Å². The highest BCUT2D eigenvalue weighted by Crippen LogP contribution is 2.31. The Balaban J connectivity index is 1.44. The average Bonchev–Trinajstić information content (AvgIpc) is 3.26. The van der Waals surface area contributed by atoms with Crippen molar-refractivity contribution in [3.8, 4) is 0 Å². The van der Waals surface area contributed by atoms with Crippen LogP contribution in [-0.4, -0.2) is 40.1 Å². The van der Waals surface area contributed by atoms with Crippen LogP contribution in [0.3, 0.4) is 0 Å². The second-order valence-corrected chi connectivity index (χ2v) is 7.16. The molecule has 3 unspecified atom stereocenters. The SMILES string of the molecule is Cn1ccnc1CN1CCCC(C2NNCC2c2ccccc2)C1. The molecule has 2 fully saturated rings. The van der Waals surface area contributed by atoms with Crippen LogP contribution in [0, 0.1) is 5.92 Å². The summed E-state index contributed by atoms with van der Waals surface area (Å²) < 4.78 is 2.13. The van der Waals surface area contributed by atoms with Crippen LogP contribution < -0.4 is 10.9 Å². The molecule has 0 amide bonds. The van der Waals surface area contributed by atoms with Crippen LogP contribution in [0.2, 0.25) is 0 Å². The second-order valence-electron chi connectivity index (χ2n) is 7.16. The number of hydrazine groups is 1. The van der Waals surface area contributed by atoms with E-state index in [1.165, 1.54) is 24.9 Å². The largest absolute Gasteiger partial charge is 0.337 e. The molecule has 24 heavy (non-hydrogen) atoms. The molecule has 128 valence electrons. The standard InChI is InChI=1S/C19H27N5/c1-23-11-9-20-18(23)14-24-10-5-8-16(13-24)19-17(12-21-22-19)15-6-3-2-4-7-15/h2-4,6-7,9,11,16-17,19,21-22H,5,8,10,12-14H2,1H3. The first-order valence-corrected chi connectivity index (χ1v) is 9.03. The van der Waals surface area contributed by atoms with E-state index >= 15 is 0 Å². The van der Waals surface area contributed by atoms with Gasteiger partial charge in [0, 0.05) is 44.5 Å². The fraction of sp³-hybridized carbons (Fsp3) is 0.526. The fourth-order valence-corrected chi connectivity index (χ4v) is 4.26. The highest BCUT2D eigenvalue weighted by atomic mass is 15.4. The van der Waals surface area contributed by atoms with Crippen LogP contribution in [0.5, 0.6) is 0 Å². The maximum atomic E-state index is 4.49. The lowest BCUT2D eigenvalue weighted by Crippen LogP contribution is -2.46. The molecule has 0 bridgehead atoms. The van der Waals surface area contributed by atoms with E-state index in [1.807, 2.05) is 12.4 Å². The Morgan fingerprint density at radius 1 is 1.25 bits per heavy atom. The first-order valence-electron chi connectivity index (χ1n) is 9.03. The van der Waals surface area contributed by atoms with Gasteiger partial charge in [0.05, 0.1) is 6.54 Å². The lowest BCUT2D eigenvalue weighted by atomic mass is 9.81. The van der Waals surface area contributed by atoms with Crippen molar-refractivity contribution in [2.45, 2.75) is 31.3 Å². The van der Waals surface area contributed by atoms with Crippen LogP contribution in [0.25, 0.3) is 0 Å². The predicted octanol–water partition coefficient (Wildman–Crippen LogP) is 1.89. The van der Waals surface area contributed by atoms with Crippen LogP contribution >= 0.6 is 0 Å². The lowest BCUT2D eigenvalue weighted by Gasteiger charge is -2.37. The molecule has 5 nitrogen and oxygen atoms in total. The molecule has 2 aliphatic heterocycles. The van der Waals surface area contributed by atoms with Crippen molar-refractivity contribution in [3.63, 3.8) is 0 Å². The van der Waals surface area contributed by atoms with Crippen molar-refractivity contribution in [1.82, 2.24) is 25.3 Å². The quantitative estimate of drug-likeness (QED) is 0.901. The highest BCUT2D eigenvalue weighted by Gasteiger charge is 2.36. The first-order chi connectivity index (χ1) is 11.8. The van der Waals surface area contributed by atoms with Gasteiger partial charge in [-0.05, 0) is 30.9 Å². The molecule has 0 aliphatic carbocycles. The molecule has 3 heterocycles. The Morgan fingerprint density at radius 2 is 2.12 bits per heavy atom. The lowest BCUT2D eigenvalue weighted by molar-refractivity contribution is 0.136. The van der Waals surface area contributed by atoms with Crippen LogP contribution in [0.4, 0.5) is 0 Å². The van der Waals surface area contributed by atoms with Gasteiger partial charge in [0.2, 0.25) is 0 Å². The van der Waals surface area contributed by atoms with Crippen molar-refractivity contribution >= 4 is 0 Å². The fourth-order valence-electron chi connectivity index (χ4n) is 4.26. The summed E-state index contributed by atoms with van der Waals surface area (Å²) in [6, 6.07) is 11.4. The molecule has 0 saturated carbocycles. The zero-order valence-corrected chi connectivity index (χ0v) is 14.4. The number of rotatable bonds is 4. The zero-order valence-electron chi connectivity index (χ0n) is 14.4. The highest BCUT2D eigenvalue weighted by molar-refractivity contribution is 5.23. The molecule has 2 aliphatic rings. The number of benzene rings is 1. The number of piperidine rings is 1. The molecule has 0 radical (unpaired) electrons. The number of aryl methyl sites for hydroxylation is 1. The number of aromatic nitrogens is 2. The number of likely N-dealkylation sites (tertiary alicyclic amines) is 1. The number of hydrogen-bond donors (Lipinski definition) is 2. The van der Waals surface area contributed by atoms with Gasteiger partial charge in [0.1, 0.15) is 5.82 Å². The number of nitrogens with zero attached hydrogens (tertiary/aromatic N) is 3. The van der Waals surface area contributed by atoms with Crippen molar-refractivity contribution in [2.24, 2.45) is 13.0 Å². The summed E-state index contributed by atoms with van der Waals surface area (Å²) >= 11 is 0. The summed E-state index contributed by atoms with van der Waals surface area (Å²) in [5, 5.41) is 0. The van der Waals surface area contributed by atoms with E-state index in [0.29, 0.717) is 17.9 Å². The molecular weight excluding hydrogens is 298 g/mol. The molecule has 2 aromatic rings. The Bertz CT molecular complexity index is 653. The second kappa shape index (κ2) is 7.05. The van der Waals surface area contributed by atoms with Gasteiger partial charge in [-0.25, -0.2) is 4.98 Å². The Kier molecular flexibility index (Phi) is 4.65. The predicted molar refractivity (Wildman–Crippen MR) is 95.3 cm³/mol. The van der Waals surface area contributed by atoms with Crippen molar-refractivity contribution in [3.05, 3.63) is 54.1 Å². The maximum Gasteiger partial charge on any atom is 0.122 e. The summed E-state index contributed by atoms with van der Waals surface area (Å²) in [6.07, 6.45) is 6.50. The van der Waals surface area contributed by atoms with Gasteiger partial charge < -0.3 is 4.57 Å². The monoisotopic (exact) mass is 325 g/mol. The van der Waals surface area contributed by atoms with Gasteiger partial charge in [-0.15, -0.1) is 0 Å². The number of nitrogens with one attached hydrogen (secondary N) is 2. The van der Waals surface area contributed by atoms with E-state index in [2.05, 4.69) is 62.7 Å². The number of imidazole rings is 1. The third-order valence-corrected chi connectivity index (χ3v) is 5.59. The minimum Gasteiger partial charge on any atom is -0.337 e. The minimum absolute atomic E-state index is 0.511. The van der Waals surface area contributed by atoms with E-state index in [1.54, 1.807) is 0 Å². The van der Waals surface area contributed by atoms with Gasteiger partial charge in [-0.2, -0.15) is 0 Å². The third kappa shape index (κ3) is 3.24. The smallest absolute Gasteiger partial charge is 0.122 e. The van der Waals surface area contributed by atoms with Crippen molar-refractivity contribution < 1.29 is 0 Å². The van der Waals surface area contributed by atoms with Gasteiger partial charge in [0.25, 0.3) is 0 Å². The topological polar surface area (TPSA) is 45.1 Å². The van der Waals surface area contributed by atoms with E-state index in [-0.39, 0.29) is 0 Å². The van der Waals surface area contributed by atoms with Gasteiger partial charge >= 0.3 is 0 Å². The van der Waals surface area contributed by atoms with Crippen molar-refractivity contribution in [1.29, 1.82) is 0 Å². The molecule has 0 spiro atoms. The Hall–Kier alpha value is -1.69. The van der Waals surface area contributed by atoms with Gasteiger partial charge in [-0.3, -0.25) is 15.8 Å². The molecule has 2 saturated heterocycles. The average molecular weight is 325 g/mol. The van der Waals surface area contributed by atoms with Gasteiger partial charge in [-0.1, -0.05) is 30.3 Å². The summed E-state index contributed by atoms with van der Waals surface area (Å²) in [6.45, 7) is 4.30. The minimum atomic E-state index is 0.511. The van der Waals surface area contributed by atoms with Crippen LogP contribution in [0.1, 0.15) is 30.1 Å². The van der Waals surface area contributed by atoms with E-state index < -0.39 is 0 Å². The van der Waals surface area contributed by atoms with Gasteiger partial charge in [0.15, 0.2) is 0 Å². The molecule has 1 aromatic heterocycles. The van der Waals surface area contributed by atoms with Crippen LogP contribution in [-0.2, 0) is 13.6 Å². The summed E-state index contributed by atoms with van der Waals surface area (Å²) in [7, 11) is 2.08. The zero-order chi connectivity index (χ0) is 16.4. The van der Waals surface area contributed by atoms with E-state index in [9.17, 15) is 0 Å². The van der Waals surface area contributed by atoms with E-state index in [4.69, 9.17) is 0 Å². The molecule has 4 rings (SSSR count). The maximum absolute atomic E-state index is 4.49. The summed E-state index contributed by atoms with van der Waals surface area (Å²) in [5.41, 5.74) is 8.42. The molecule has 2 N–H and O–H groups in total. The Morgan fingerprint density at radius 3 is 2.92 bits per heavy atom. The normalized spacial score (nSPS) is 28.3. The number of hydrogen-bond acceptors (Lipinski definition) is 4. The molecule has 5 heteroatoms. The first kappa shape index (κ1) is 15.8. The molecule has 1 aromatic carbocycles. The van der Waals surface area contributed by atoms with Crippen LogP contribution in [0.15, 0.2) is 42.7 Å². The third-order valence-electron chi connectivity index (χ3n) is 5.59.